The first kappa shape index (κ1) is 18.3. The number of hydrogen-bond donors (Lipinski definition) is 0. The van der Waals surface area contributed by atoms with E-state index in [4.69, 9.17) is 4.98 Å². The average Bonchev–Trinajstić information content (AvgIpc) is 2.73. The molecule has 4 aromatic rings. The van der Waals surface area contributed by atoms with Crippen molar-refractivity contribution in [3.8, 4) is 11.8 Å². The van der Waals surface area contributed by atoms with Crippen molar-refractivity contribution >= 4 is 23.1 Å². The van der Waals surface area contributed by atoms with Crippen molar-refractivity contribution in [1.82, 2.24) is 14.5 Å². The number of aryl methyl sites for hydroxylation is 2. The monoisotopic (exact) mass is 378 g/mol. The van der Waals surface area contributed by atoms with Crippen LogP contribution in [0.5, 0.6) is 0 Å². The molecule has 0 N–H and O–H groups in total. The highest BCUT2D eigenvalue weighted by Gasteiger charge is 2.13. The van der Waals surface area contributed by atoms with Gasteiger partial charge in [-0.05, 0) is 61.9 Å². The van der Waals surface area contributed by atoms with Crippen LogP contribution in [0, 0.1) is 25.2 Å². The van der Waals surface area contributed by atoms with Gasteiger partial charge in [0.1, 0.15) is 5.82 Å². The molecule has 0 aliphatic heterocycles. The standard InChI is InChI=1S/C24H18N4O/c1-16-9-10-19(15-25)18(14-16)11-12-23-27-21-7-4-3-6-20(21)24(29)28(23)22-8-5-13-26-17(22)2/h3-14H,1-2H3/b12-11+. The Morgan fingerprint density at radius 2 is 1.86 bits per heavy atom. The van der Waals surface area contributed by atoms with Crippen LogP contribution >= 0.6 is 0 Å². The lowest BCUT2D eigenvalue weighted by atomic mass is 10.0. The van der Waals surface area contributed by atoms with Gasteiger partial charge in [-0.2, -0.15) is 5.26 Å². The van der Waals surface area contributed by atoms with E-state index in [1.54, 1.807) is 35.0 Å². The quantitative estimate of drug-likeness (QED) is 0.528. The molecular formula is C24H18N4O. The number of pyridine rings is 1. The van der Waals surface area contributed by atoms with Crippen molar-refractivity contribution in [3.05, 3.63) is 99.4 Å². The van der Waals surface area contributed by atoms with E-state index in [-0.39, 0.29) is 5.56 Å². The van der Waals surface area contributed by atoms with Crippen LogP contribution in [-0.4, -0.2) is 14.5 Å². The summed E-state index contributed by atoms with van der Waals surface area (Å²) in [7, 11) is 0. The molecule has 0 atom stereocenters. The number of rotatable bonds is 3. The van der Waals surface area contributed by atoms with Gasteiger partial charge < -0.3 is 0 Å². The van der Waals surface area contributed by atoms with Crippen molar-refractivity contribution in [2.24, 2.45) is 0 Å². The van der Waals surface area contributed by atoms with Gasteiger partial charge in [-0.1, -0.05) is 29.8 Å². The Morgan fingerprint density at radius 3 is 2.66 bits per heavy atom. The van der Waals surface area contributed by atoms with Gasteiger partial charge in [0.2, 0.25) is 0 Å². The molecule has 5 heteroatoms. The van der Waals surface area contributed by atoms with E-state index in [1.165, 1.54) is 0 Å². The van der Waals surface area contributed by atoms with Crippen LogP contribution in [0.1, 0.15) is 28.2 Å². The smallest absolute Gasteiger partial charge is 0.266 e. The van der Waals surface area contributed by atoms with Crippen molar-refractivity contribution in [3.63, 3.8) is 0 Å². The van der Waals surface area contributed by atoms with Crippen LogP contribution < -0.4 is 5.56 Å². The largest absolute Gasteiger partial charge is 0.268 e. The number of nitriles is 1. The third-order valence-electron chi connectivity index (χ3n) is 4.76. The second-order valence-corrected chi connectivity index (χ2v) is 6.77. The molecule has 0 aliphatic rings. The summed E-state index contributed by atoms with van der Waals surface area (Å²) in [5.41, 5.74) is 4.28. The van der Waals surface area contributed by atoms with Crippen molar-refractivity contribution in [1.29, 1.82) is 5.26 Å². The molecule has 140 valence electrons. The van der Waals surface area contributed by atoms with Gasteiger partial charge in [0, 0.05) is 6.20 Å². The van der Waals surface area contributed by atoms with E-state index >= 15 is 0 Å². The van der Waals surface area contributed by atoms with E-state index in [0.717, 1.165) is 16.8 Å². The Labute approximate surface area is 168 Å². The summed E-state index contributed by atoms with van der Waals surface area (Å²) in [5, 5.41) is 9.94. The maximum Gasteiger partial charge on any atom is 0.266 e. The zero-order chi connectivity index (χ0) is 20.4. The van der Waals surface area contributed by atoms with Gasteiger partial charge >= 0.3 is 0 Å². The molecule has 4 rings (SSSR count). The third-order valence-corrected chi connectivity index (χ3v) is 4.76. The Hall–Kier alpha value is -4.04. The van der Waals surface area contributed by atoms with Crippen LogP contribution in [0.3, 0.4) is 0 Å². The van der Waals surface area contributed by atoms with Gasteiger partial charge in [-0.3, -0.25) is 14.3 Å². The first-order valence-corrected chi connectivity index (χ1v) is 9.21. The molecule has 0 fully saturated rings. The molecule has 2 aromatic heterocycles. The van der Waals surface area contributed by atoms with E-state index in [0.29, 0.717) is 28.0 Å². The first-order chi connectivity index (χ1) is 14.1. The minimum absolute atomic E-state index is 0.156. The highest BCUT2D eigenvalue weighted by molar-refractivity contribution is 5.80. The summed E-state index contributed by atoms with van der Waals surface area (Å²) in [6.45, 7) is 3.83. The van der Waals surface area contributed by atoms with E-state index in [1.807, 2.05) is 56.3 Å². The number of aromatic nitrogens is 3. The fraction of sp³-hybridized carbons (Fsp3) is 0.0833. The number of nitrogens with zero attached hydrogens (tertiary/aromatic N) is 4. The molecule has 2 heterocycles. The Kier molecular flexibility index (Phi) is 4.76. The van der Waals surface area contributed by atoms with Gasteiger partial charge in [0.25, 0.3) is 5.56 Å². The van der Waals surface area contributed by atoms with Gasteiger partial charge in [0.15, 0.2) is 0 Å². The molecule has 2 aromatic carbocycles. The topological polar surface area (TPSA) is 71.6 Å². The molecule has 0 bridgehead atoms. The molecular weight excluding hydrogens is 360 g/mol. The lowest BCUT2D eigenvalue weighted by molar-refractivity contribution is 0.919. The Morgan fingerprint density at radius 1 is 1.03 bits per heavy atom. The summed E-state index contributed by atoms with van der Waals surface area (Å²) in [6.07, 6.45) is 5.29. The zero-order valence-corrected chi connectivity index (χ0v) is 16.1. The summed E-state index contributed by atoms with van der Waals surface area (Å²) < 4.78 is 1.57. The lowest BCUT2D eigenvalue weighted by Crippen LogP contribution is -2.23. The molecule has 0 amide bonds. The highest BCUT2D eigenvalue weighted by Crippen LogP contribution is 2.18. The molecule has 0 unspecified atom stereocenters. The second kappa shape index (κ2) is 7.53. The summed E-state index contributed by atoms with van der Waals surface area (Å²) >= 11 is 0. The summed E-state index contributed by atoms with van der Waals surface area (Å²) in [4.78, 5) is 22.3. The van der Waals surface area contributed by atoms with Crippen LogP contribution in [-0.2, 0) is 0 Å². The fourth-order valence-corrected chi connectivity index (χ4v) is 3.29. The molecule has 0 saturated carbocycles. The maximum atomic E-state index is 13.3. The van der Waals surface area contributed by atoms with Gasteiger partial charge in [-0.25, -0.2) is 4.98 Å². The molecule has 29 heavy (non-hydrogen) atoms. The van der Waals surface area contributed by atoms with Crippen molar-refractivity contribution in [2.75, 3.05) is 0 Å². The number of fused-ring (bicyclic) bond motifs is 1. The number of para-hydroxylation sites is 1. The average molecular weight is 378 g/mol. The predicted molar refractivity (Wildman–Crippen MR) is 115 cm³/mol. The fourth-order valence-electron chi connectivity index (χ4n) is 3.29. The second-order valence-electron chi connectivity index (χ2n) is 6.77. The van der Waals surface area contributed by atoms with Gasteiger partial charge in [0.05, 0.1) is 33.9 Å². The maximum absolute atomic E-state index is 13.3. The van der Waals surface area contributed by atoms with E-state index in [2.05, 4.69) is 11.1 Å². The predicted octanol–water partition coefficient (Wildman–Crippen LogP) is 4.44. The molecule has 5 nitrogen and oxygen atoms in total. The molecule has 0 radical (unpaired) electrons. The van der Waals surface area contributed by atoms with E-state index in [9.17, 15) is 10.1 Å². The van der Waals surface area contributed by atoms with Crippen LogP contribution in [0.2, 0.25) is 0 Å². The Balaban J connectivity index is 1.98. The molecule has 0 aliphatic carbocycles. The number of hydrogen-bond acceptors (Lipinski definition) is 4. The van der Waals surface area contributed by atoms with Crippen molar-refractivity contribution in [2.45, 2.75) is 13.8 Å². The molecule has 0 saturated heterocycles. The van der Waals surface area contributed by atoms with Crippen LogP contribution in [0.25, 0.3) is 28.7 Å². The summed E-state index contributed by atoms with van der Waals surface area (Å²) in [5.74, 6) is 0.482. The first-order valence-electron chi connectivity index (χ1n) is 9.21. The summed E-state index contributed by atoms with van der Waals surface area (Å²) in [6, 6.07) is 18.8. The minimum Gasteiger partial charge on any atom is -0.268 e. The molecule has 0 spiro atoms. The van der Waals surface area contributed by atoms with Crippen molar-refractivity contribution < 1.29 is 0 Å². The SMILES string of the molecule is Cc1ccc(C#N)c(/C=C/c2nc3ccccc3c(=O)n2-c2cccnc2C)c1. The van der Waals surface area contributed by atoms with Gasteiger partial charge in [-0.15, -0.1) is 0 Å². The van der Waals surface area contributed by atoms with Crippen LogP contribution in [0.15, 0.2) is 65.6 Å². The Bertz CT molecular complexity index is 1360. The lowest BCUT2D eigenvalue weighted by Gasteiger charge is -2.13. The normalized spacial score (nSPS) is 11.1. The van der Waals surface area contributed by atoms with Crippen LogP contribution in [0.4, 0.5) is 0 Å². The third kappa shape index (κ3) is 3.44. The van der Waals surface area contributed by atoms with E-state index < -0.39 is 0 Å². The highest BCUT2D eigenvalue weighted by atomic mass is 16.1. The zero-order valence-electron chi connectivity index (χ0n) is 16.1. The number of benzene rings is 2. The minimum atomic E-state index is -0.156.